The highest BCUT2D eigenvalue weighted by atomic mass is 35.5. The number of hydrogen-bond acceptors (Lipinski definition) is 2. The Kier molecular flexibility index (Phi) is 4.08. The molecule has 0 aliphatic carbocycles. The van der Waals surface area contributed by atoms with Crippen molar-refractivity contribution in [2.24, 2.45) is 0 Å². The van der Waals surface area contributed by atoms with Gasteiger partial charge in [-0.25, -0.2) is 9.18 Å². The van der Waals surface area contributed by atoms with Gasteiger partial charge in [0.25, 0.3) is 0 Å². The first-order valence-electron chi connectivity index (χ1n) is 5.36. The van der Waals surface area contributed by atoms with Crippen LogP contribution in [0, 0.1) is 5.82 Å². The summed E-state index contributed by atoms with van der Waals surface area (Å²) in [4.78, 5) is 11.7. The number of esters is 1. The molecule has 0 unspecified atom stereocenters. The molecule has 0 amide bonds. The Bertz CT molecular complexity index is 641. The van der Waals surface area contributed by atoms with Gasteiger partial charge in [-0.1, -0.05) is 29.3 Å². The van der Waals surface area contributed by atoms with Crippen LogP contribution >= 0.6 is 23.2 Å². The zero-order chi connectivity index (χ0) is 14.0. The standard InChI is InChI=1S/C14H9Cl2FO2/c1-19-14(18)10-4-3-9(17)7-11(10)8-2-5-12(15)13(16)6-8/h2-7H,1H3. The summed E-state index contributed by atoms with van der Waals surface area (Å²) in [7, 11) is 1.27. The molecule has 2 aromatic carbocycles. The lowest BCUT2D eigenvalue weighted by molar-refractivity contribution is 0.0601. The van der Waals surface area contributed by atoms with Crippen molar-refractivity contribution in [2.75, 3.05) is 7.11 Å². The summed E-state index contributed by atoms with van der Waals surface area (Å²) in [5, 5.41) is 0.723. The van der Waals surface area contributed by atoms with Crippen LogP contribution < -0.4 is 0 Å². The van der Waals surface area contributed by atoms with Gasteiger partial charge in [-0.3, -0.25) is 0 Å². The van der Waals surface area contributed by atoms with Gasteiger partial charge < -0.3 is 4.74 Å². The van der Waals surface area contributed by atoms with E-state index in [1.807, 2.05) is 0 Å². The molecule has 0 aliphatic heterocycles. The molecule has 19 heavy (non-hydrogen) atoms. The summed E-state index contributed by atoms with van der Waals surface area (Å²) in [6.07, 6.45) is 0. The Balaban J connectivity index is 2.62. The number of halogens is 3. The predicted octanol–water partition coefficient (Wildman–Crippen LogP) is 4.59. The third kappa shape index (κ3) is 2.88. The molecule has 5 heteroatoms. The molecule has 0 fully saturated rings. The van der Waals surface area contributed by atoms with Crippen LogP contribution in [-0.2, 0) is 4.74 Å². The summed E-state index contributed by atoms with van der Waals surface area (Å²) in [6, 6.07) is 8.66. The van der Waals surface area contributed by atoms with Gasteiger partial charge in [0.05, 0.1) is 22.7 Å². The maximum Gasteiger partial charge on any atom is 0.338 e. The molecule has 0 aromatic heterocycles. The maximum atomic E-state index is 13.4. The van der Waals surface area contributed by atoms with E-state index in [4.69, 9.17) is 23.2 Å². The molecule has 0 heterocycles. The summed E-state index contributed by atoms with van der Waals surface area (Å²) >= 11 is 11.8. The Morgan fingerprint density at radius 2 is 1.84 bits per heavy atom. The van der Waals surface area contributed by atoms with Gasteiger partial charge >= 0.3 is 5.97 Å². The van der Waals surface area contributed by atoms with Crippen LogP contribution in [0.25, 0.3) is 11.1 Å². The number of rotatable bonds is 2. The normalized spacial score (nSPS) is 10.3. The highest BCUT2D eigenvalue weighted by Crippen LogP contribution is 2.31. The minimum atomic E-state index is -0.541. The molecule has 0 atom stereocenters. The van der Waals surface area contributed by atoms with E-state index < -0.39 is 11.8 Å². The summed E-state index contributed by atoms with van der Waals surface area (Å²) < 4.78 is 18.0. The molecule has 0 aliphatic rings. The second-order valence-corrected chi connectivity index (χ2v) is 4.62. The van der Waals surface area contributed by atoms with Crippen LogP contribution in [0.15, 0.2) is 36.4 Å². The molecule has 0 saturated heterocycles. The third-order valence-electron chi connectivity index (χ3n) is 2.62. The average Bonchev–Trinajstić information content (AvgIpc) is 2.41. The second kappa shape index (κ2) is 5.59. The molecule has 2 aromatic rings. The summed E-state index contributed by atoms with van der Waals surface area (Å²) in [5.41, 5.74) is 1.27. The quantitative estimate of drug-likeness (QED) is 0.758. The topological polar surface area (TPSA) is 26.3 Å². The van der Waals surface area contributed by atoms with Crippen LogP contribution in [0.2, 0.25) is 10.0 Å². The molecule has 0 spiro atoms. The number of carbonyl (C=O) groups is 1. The van der Waals surface area contributed by atoms with Gasteiger partial charge in [0, 0.05) is 0 Å². The van der Waals surface area contributed by atoms with E-state index in [0.29, 0.717) is 21.2 Å². The first-order chi connectivity index (χ1) is 9.02. The molecule has 0 bridgehead atoms. The van der Waals surface area contributed by atoms with E-state index in [0.717, 1.165) is 0 Å². The van der Waals surface area contributed by atoms with Gasteiger partial charge in [0.2, 0.25) is 0 Å². The molecule has 0 N–H and O–H groups in total. The van der Waals surface area contributed by atoms with Gasteiger partial charge in [0.1, 0.15) is 5.82 Å². The Hall–Kier alpha value is -1.58. The zero-order valence-corrected chi connectivity index (χ0v) is 11.4. The number of carbonyl (C=O) groups excluding carboxylic acids is 1. The van der Waals surface area contributed by atoms with Crippen LogP contribution in [0.1, 0.15) is 10.4 Å². The molecule has 0 saturated carbocycles. The predicted molar refractivity (Wildman–Crippen MR) is 73.2 cm³/mol. The number of benzene rings is 2. The highest BCUT2D eigenvalue weighted by Gasteiger charge is 2.15. The fourth-order valence-corrected chi connectivity index (χ4v) is 2.01. The smallest absolute Gasteiger partial charge is 0.338 e. The van der Waals surface area contributed by atoms with Crippen LogP contribution in [-0.4, -0.2) is 13.1 Å². The van der Waals surface area contributed by atoms with Crippen molar-refractivity contribution in [1.82, 2.24) is 0 Å². The number of methoxy groups -OCH3 is 1. The van der Waals surface area contributed by atoms with Gasteiger partial charge in [-0.2, -0.15) is 0 Å². The van der Waals surface area contributed by atoms with Crippen LogP contribution in [0.4, 0.5) is 4.39 Å². The largest absolute Gasteiger partial charge is 0.465 e. The minimum Gasteiger partial charge on any atom is -0.465 e. The number of ether oxygens (including phenoxy) is 1. The van der Waals surface area contributed by atoms with Crippen molar-refractivity contribution < 1.29 is 13.9 Å². The Morgan fingerprint density at radius 3 is 2.47 bits per heavy atom. The van der Waals surface area contributed by atoms with Crippen LogP contribution in [0.5, 0.6) is 0 Å². The first-order valence-corrected chi connectivity index (χ1v) is 6.12. The summed E-state index contributed by atoms with van der Waals surface area (Å²) in [5.74, 6) is -0.991. The van der Waals surface area contributed by atoms with E-state index in [2.05, 4.69) is 4.74 Å². The molecular formula is C14H9Cl2FO2. The third-order valence-corrected chi connectivity index (χ3v) is 3.36. The van der Waals surface area contributed by atoms with Crippen molar-refractivity contribution in [2.45, 2.75) is 0 Å². The molecule has 0 radical (unpaired) electrons. The van der Waals surface area contributed by atoms with Gasteiger partial charge in [-0.15, -0.1) is 0 Å². The zero-order valence-electron chi connectivity index (χ0n) is 9.91. The monoisotopic (exact) mass is 298 g/mol. The number of hydrogen-bond donors (Lipinski definition) is 0. The maximum absolute atomic E-state index is 13.4. The average molecular weight is 299 g/mol. The van der Waals surface area contributed by atoms with Crippen molar-refractivity contribution in [3.05, 3.63) is 57.8 Å². The van der Waals surface area contributed by atoms with Crippen molar-refractivity contribution in [3.8, 4) is 11.1 Å². The lowest BCUT2D eigenvalue weighted by Gasteiger charge is -2.09. The van der Waals surface area contributed by atoms with Crippen molar-refractivity contribution in [1.29, 1.82) is 0 Å². The van der Waals surface area contributed by atoms with Crippen LogP contribution in [0.3, 0.4) is 0 Å². The summed E-state index contributed by atoms with van der Waals surface area (Å²) in [6.45, 7) is 0. The van der Waals surface area contributed by atoms with E-state index in [1.54, 1.807) is 18.2 Å². The lowest BCUT2D eigenvalue weighted by atomic mass is 9.99. The van der Waals surface area contributed by atoms with Gasteiger partial charge in [0.15, 0.2) is 0 Å². The van der Waals surface area contributed by atoms with E-state index >= 15 is 0 Å². The first kappa shape index (κ1) is 13.8. The van der Waals surface area contributed by atoms with Gasteiger partial charge in [-0.05, 0) is 41.5 Å². The molecule has 2 rings (SSSR count). The second-order valence-electron chi connectivity index (χ2n) is 3.81. The Morgan fingerprint density at radius 1 is 1.11 bits per heavy atom. The van der Waals surface area contributed by atoms with Crippen molar-refractivity contribution in [3.63, 3.8) is 0 Å². The van der Waals surface area contributed by atoms with E-state index in [-0.39, 0.29) is 5.56 Å². The fraction of sp³-hybridized carbons (Fsp3) is 0.0714. The molecular weight excluding hydrogens is 290 g/mol. The van der Waals surface area contributed by atoms with E-state index in [9.17, 15) is 9.18 Å². The minimum absolute atomic E-state index is 0.266. The Labute approximate surface area is 119 Å². The fourth-order valence-electron chi connectivity index (χ4n) is 1.71. The van der Waals surface area contributed by atoms with E-state index in [1.165, 1.54) is 25.3 Å². The lowest BCUT2D eigenvalue weighted by Crippen LogP contribution is -2.04. The highest BCUT2D eigenvalue weighted by molar-refractivity contribution is 6.42. The van der Waals surface area contributed by atoms with Crippen molar-refractivity contribution >= 4 is 29.2 Å². The SMILES string of the molecule is COC(=O)c1ccc(F)cc1-c1ccc(Cl)c(Cl)c1. The molecule has 98 valence electrons. The molecule has 2 nitrogen and oxygen atoms in total.